The molecule has 136 valence electrons. The zero-order chi connectivity index (χ0) is 18.7. The lowest BCUT2D eigenvalue weighted by Crippen LogP contribution is -2.48. The highest BCUT2D eigenvalue weighted by atomic mass is 19.1. The Labute approximate surface area is 151 Å². The Balaban J connectivity index is 1.59. The van der Waals surface area contributed by atoms with E-state index in [9.17, 15) is 14.0 Å². The van der Waals surface area contributed by atoms with Crippen molar-refractivity contribution in [3.05, 3.63) is 65.0 Å². The average Bonchev–Trinajstić information content (AvgIpc) is 3.02. The molecular weight excluding hydrogens is 335 g/mol. The largest absolute Gasteiger partial charge is 0.376 e. The van der Waals surface area contributed by atoms with Gasteiger partial charge < -0.3 is 15.4 Å². The molecule has 6 heteroatoms. The molecule has 1 aliphatic carbocycles. The third-order valence-electron chi connectivity index (χ3n) is 4.78. The highest BCUT2D eigenvalue weighted by molar-refractivity contribution is 6.39. The van der Waals surface area contributed by atoms with Gasteiger partial charge in [-0.25, -0.2) is 4.39 Å². The zero-order valence-electron chi connectivity index (χ0n) is 14.8. The second-order valence-corrected chi connectivity index (χ2v) is 6.61. The van der Waals surface area contributed by atoms with Crippen molar-refractivity contribution in [1.29, 1.82) is 0 Å². The van der Waals surface area contributed by atoms with E-state index in [1.807, 2.05) is 24.3 Å². The summed E-state index contributed by atoms with van der Waals surface area (Å²) < 4.78 is 19.2. The fraction of sp³-hybridized carbons (Fsp3) is 0.300. The topological polar surface area (TPSA) is 67.4 Å². The molecule has 1 aliphatic rings. The van der Waals surface area contributed by atoms with Crippen LogP contribution in [0.5, 0.6) is 0 Å². The van der Waals surface area contributed by atoms with Crippen LogP contribution in [0.1, 0.15) is 16.7 Å². The van der Waals surface area contributed by atoms with E-state index in [-0.39, 0.29) is 12.2 Å². The molecule has 5 nitrogen and oxygen atoms in total. The fourth-order valence-electron chi connectivity index (χ4n) is 3.18. The maximum atomic E-state index is 13.5. The third kappa shape index (κ3) is 3.75. The molecule has 0 atom stereocenters. The fourth-order valence-corrected chi connectivity index (χ4v) is 3.18. The molecule has 3 rings (SSSR count). The predicted molar refractivity (Wildman–Crippen MR) is 96.4 cm³/mol. The lowest BCUT2D eigenvalue weighted by molar-refractivity contribution is -0.137. The molecule has 2 aromatic rings. The van der Waals surface area contributed by atoms with Crippen LogP contribution in [0.2, 0.25) is 0 Å². The maximum absolute atomic E-state index is 13.5. The lowest BCUT2D eigenvalue weighted by Gasteiger charge is -2.27. The van der Waals surface area contributed by atoms with Gasteiger partial charge in [0.15, 0.2) is 0 Å². The summed E-state index contributed by atoms with van der Waals surface area (Å²) in [4.78, 5) is 24.2. The number of carbonyl (C=O) groups excluding carboxylic acids is 2. The molecule has 2 aromatic carbocycles. The number of carbonyl (C=O) groups is 2. The highest BCUT2D eigenvalue weighted by Crippen LogP contribution is 2.32. The van der Waals surface area contributed by atoms with Gasteiger partial charge in [0.05, 0.1) is 5.60 Å². The van der Waals surface area contributed by atoms with Crippen LogP contribution in [0.15, 0.2) is 42.5 Å². The first-order valence-corrected chi connectivity index (χ1v) is 8.40. The Hall–Kier alpha value is -2.73. The number of amides is 2. The molecule has 0 radical (unpaired) electrons. The Morgan fingerprint density at radius 1 is 1.12 bits per heavy atom. The molecule has 2 N–H and O–H groups in total. The summed E-state index contributed by atoms with van der Waals surface area (Å²) in [7, 11) is 1.60. The summed E-state index contributed by atoms with van der Waals surface area (Å²) in [6.07, 6.45) is 1.34. The second-order valence-electron chi connectivity index (χ2n) is 6.61. The summed E-state index contributed by atoms with van der Waals surface area (Å²) in [6.45, 7) is 1.84. The van der Waals surface area contributed by atoms with E-state index >= 15 is 0 Å². The minimum Gasteiger partial charge on any atom is -0.376 e. The van der Waals surface area contributed by atoms with Gasteiger partial charge in [-0.2, -0.15) is 0 Å². The summed E-state index contributed by atoms with van der Waals surface area (Å²) in [5, 5.41) is 5.03. The van der Waals surface area contributed by atoms with Gasteiger partial charge in [-0.15, -0.1) is 0 Å². The molecule has 0 aromatic heterocycles. The summed E-state index contributed by atoms with van der Waals surface area (Å²) in [6, 6.07) is 12.3. The van der Waals surface area contributed by atoms with Crippen molar-refractivity contribution in [1.82, 2.24) is 5.32 Å². The van der Waals surface area contributed by atoms with Crippen molar-refractivity contribution in [2.45, 2.75) is 25.4 Å². The van der Waals surface area contributed by atoms with Gasteiger partial charge in [0.2, 0.25) is 0 Å². The van der Waals surface area contributed by atoms with Crippen molar-refractivity contribution >= 4 is 17.5 Å². The molecule has 0 heterocycles. The number of hydrogen-bond acceptors (Lipinski definition) is 3. The van der Waals surface area contributed by atoms with E-state index < -0.39 is 23.2 Å². The SMILES string of the molecule is COC1(CNC(=O)C(=O)Nc2ccc(C)c(F)c2)Cc2ccccc2C1. The van der Waals surface area contributed by atoms with Crippen LogP contribution in [-0.2, 0) is 27.2 Å². The van der Waals surface area contributed by atoms with E-state index in [0.717, 1.165) is 0 Å². The van der Waals surface area contributed by atoms with Crippen LogP contribution in [-0.4, -0.2) is 31.1 Å². The number of rotatable bonds is 4. The number of halogens is 1. The van der Waals surface area contributed by atoms with E-state index in [1.165, 1.54) is 17.2 Å². The number of hydrogen-bond donors (Lipinski definition) is 2. The van der Waals surface area contributed by atoms with Crippen LogP contribution < -0.4 is 10.6 Å². The lowest BCUT2D eigenvalue weighted by atomic mass is 10.00. The predicted octanol–water partition coefficient (Wildman–Crippen LogP) is 2.37. The summed E-state index contributed by atoms with van der Waals surface area (Å²) >= 11 is 0. The molecule has 0 aliphatic heterocycles. The Bertz CT molecular complexity index is 826. The van der Waals surface area contributed by atoms with E-state index in [1.54, 1.807) is 26.2 Å². The van der Waals surface area contributed by atoms with E-state index in [0.29, 0.717) is 18.4 Å². The van der Waals surface area contributed by atoms with Crippen molar-refractivity contribution in [3.8, 4) is 0 Å². The molecule has 0 saturated heterocycles. The monoisotopic (exact) mass is 356 g/mol. The number of aryl methyl sites for hydroxylation is 1. The van der Waals surface area contributed by atoms with Crippen LogP contribution in [0, 0.1) is 12.7 Å². The molecule has 26 heavy (non-hydrogen) atoms. The Kier molecular flexibility index (Phi) is 5.04. The van der Waals surface area contributed by atoms with Gasteiger partial charge in [0, 0.05) is 32.2 Å². The van der Waals surface area contributed by atoms with Gasteiger partial charge in [-0.3, -0.25) is 9.59 Å². The first-order valence-electron chi connectivity index (χ1n) is 8.40. The zero-order valence-corrected chi connectivity index (χ0v) is 14.8. The van der Waals surface area contributed by atoms with Gasteiger partial charge >= 0.3 is 11.8 Å². The molecular formula is C20H21FN2O3. The molecule has 0 bridgehead atoms. The normalized spacial score (nSPS) is 14.6. The number of ether oxygens (including phenoxy) is 1. The van der Waals surface area contributed by atoms with E-state index in [2.05, 4.69) is 10.6 Å². The maximum Gasteiger partial charge on any atom is 0.313 e. The number of anilines is 1. The van der Waals surface area contributed by atoms with E-state index in [4.69, 9.17) is 4.74 Å². The van der Waals surface area contributed by atoms with Crippen molar-refractivity contribution in [2.24, 2.45) is 0 Å². The van der Waals surface area contributed by atoms with Crippen molar-refractivity contribution in [3.63, 3.8) is 0 Å². The Morgan fingerprint density at radius 2 is 1.77 bits per heavy atom. The van der Waals surface area contributed by atoms with Crippen molar-refractivity contribution < 1.29 is 18.7 Å². The minimum absolute atomic E-state index is 0.215. The first kappa shape index (κ1) is 18.1. The standard InChI is InChI=1S/C20H21FN2O3/c1-13-7-8-16(9-17(13)21)23-19(25)18(24)22-12-20(26-2)10-14-5-3-4-6-15(14)11-20/h3-9H,10-12H2,1-2H3,(H,22,24)(H,23,25). The quantitative estimate of drug-likeness (QED) is 0.827. The molecule has 2 amide bonds. The van der Waals surface area contributed by atoms with Gasteiger partial charge in [0.25, 0.3) is 0 Å². The molecule has 0 saturated carbocycles. The highest BCUT2D eigenvalue weighted by Gasteiger charge is 2.37. The van der Waals surface area contributed by atoms with Gasteiger partial charge in [0.1, 0.15) is 5.82 Å². The number of nitrogens with one attached hydrogen (secondary N) is 2. The number of fused-ring (bicyclic) bond motifs is 1. The van der Waals surface area contributed by atoms with Crippen LogP contribution >= 0.6 is 0 Å². The summed E-state index contributed by atoms with van der Waals surface area (Å²) in [5.41, 5.74) is 2.51. The molecule has 0 spiro atoms. The van der Waals surface area contributed by atoms with Crippen LogP contribution in [0.4, 0.5) is 10.1 Å². The first-order chi connectivity index (χ1) is 12.4. The molecule has 0 unspecified atom stereocenters. The molecule has 0 fully saturated rings. The van der Waals surface area contributed by atoms with Crippen LogP contribution in [0.3, 0.4) is 0 Å². The number of methoxy groups -OCH3 is 1. The Morgan fingerprint density at radius 3 is 2.35 bits per heavy atom. The van der Waals surface area contributed by atoms with Crippen LogP contribution in [0.25, 0.3) is 0 Å². The second kappa shape index (κ2) is 7.25. The van der Waals surface area contributed by atoms with Gasteiger partial charge in [-0.05, 0) is 35.7 Å². The minimum atomic E-state index is -0.838. The smallest absolute Gasteiger partial charge is 0.313 e. The average molecular weight is 356 g/mol. The third-order valence-corrected chi connectivity index (χ3v) is 4.78. The summed E-state index contributed by atoms with van der Waals surface area (Å²) in [5.74, 6) is -2.06. The van der Waals surface area contributed by atoms with Crippen molar-refractivity contribution in [2.75, 3.05) is 19.0 Å². The van der Waals surface area contributed by atoms with Gasteiger partial charge in [-0.1, -0.05) is 30.3 Å². The number of benzene rings is 2.